The first-order chi connectivity index (χ1) is 9.27. The van der Waals surface area contributed by atoms with Crippen LogP contribution in [-0.2, 0) is 9.31 Å². The molecule has 20 heavy (non-hydrogen) atoms. The van der Waals surface area contributed by atoms with Crippen LogP contribution >= 0.6 is 0 Å². The summed E-state index contributed by atoms with van der Waals surface area (Å²) in [5, 5.41) is 9.42. The first kappa shape index (κ1) is 13.7. The lowest BCUT2D eigenvalue weighted by molar-refractivity contribution is 0.00578. The molecule has 0 bridgehead atoms. The van der Waals surface area contributed by atoms with E-state index < -0.39 is 0 Å². The minimum atomic E-state index is -0.384. The third-order valence-electron chi connectivity index (χ3n) is 5.03. The normalized spacial score (nSPS) is 33.4. The van der Waals surface area contributed by atoms with Gasteiger partial charge in [-0.05, 0) is 45.7 Å². The first-order valence-electron chi connectivity index (χ1n) is 7.12. The molecule has 0 radical (unpaired) electrons. The fourth-order valence-electron chi connectivity index (χ4n) is 2.79. The zero-order valence-electron chi connectivity index (χ0n) is 12.7. The molecule has 2 atom stereocenters. The topological polar surface area (TPSA) is 42.2 Å². The van der Waals surface area contributed by atoms with E-state index in [4.69, 9.17) is 9.31 Å². The molecular formula is C16H20BNO2. The molecule has 3 rings (SSSR count). The molecule has 2 unspecified atom stereocenters. The van der Waals surface area contributed by atoms with Crippen LogP contribution in [0.15, 0.2) is 34.8 Å². The van der Waals surface area contributed by atoms with Gasteiger partial charge in [0.05, 0.1) is 23.2 Å². The van der Waals surface area contributed by atoms with Crippen LogP contribution in [-0.4, -0.2) is 18.3 Å². The van der Waals surface area contributed by atoms with Crippen molar-refractivity contribution in [3.8, 4) is 6.07 Å². The number of nitriles is 1. The fraction of sp³-hybridized carbons (Fsp3) is 0.562. The Morgan fingerprint density at radius 3 is 2.30 bits per heavy atom. The molecule has 0 N–H and O–H groups in total. The second-order valence-electron chi connectivity index (χ2n) is 6.86. The maximum absolute atomic E-state index is 9.42. The summed E-state index contributed by atoms with van der Waals surface area (Å²) in [7, 11) is -0.384. The van der Waals surface area contributed by atoms with Crippen LogP contribution in [0.4, 0.5) is 0 Å². The van der Waals surface area contributed by atoms with Crippen LogP contribution in [0, 0.1) is 23.2 Å². The van der Waals surface area contributed by atoms with Crippen molar-refractivity contribution < 1.29 is 9.31 Å². The van der Waals surface area contributed by atoms with Gasteiger partial charge < -0.3 is 9.31 Å². The van der Waals surface area contributed by atoms with E-state index >= 15 is 0 Å². The van der Waals surface area contributed by atoms with Crippen LogP contribution in [0.3, 0.4) is 0 Å². The van der Waals surface area contributed by atoms with E-state index in [1.807, 2.05) is 34.6 Å². The quantitative estimate of drug-likeness (QED) is 0.686. The summed E-state index contributed by atoms with van der Waals surface area (Å²) >= 11 is 0. The predicted octanol–water partition coefficient (Wildman–Crippen LogP) is 3.20. The average molecular weight is 269 g/mol. The van der Waals surface area contributed by atoms with E-state index in [1.165, 1.54) is 5.57 Å². The third-order valence-corrected chi connectivity index (χ3v) is 5.03. The summed E-state index contributed by atoms with van der Waals surface area (Å²) in [5.41, 5.74) is 2.62. The van der Waals surface area contributed by atoms with Crippen molar-refractivity contribution in [2.24, 2.45) is 11.8 Å². The van der Waals surface area contributed by atoms with Crippen molar-refractivity contribution in [3.63, 3.8) is 0 Å². The van der Waals surface area contributed by atoms with E-state index in [-0.39, 0.29) is 30.2 Å². The van der Waals surface area contributed by atoms with Crippen LogP contribution in [0.1, 0.15) is 34.6 Å². The number of rotatable bonds is 1. The summed E-state index contributed by atoms with van der Waals surface area (Å²) in [6, 6.07) is 2.42. The Hall–Kier alpha value is -1.31. The molecule has 2 aliphatic carbocycles. The lowest BCUT2D eigenvalue weighted by Crippen LogP contribution is -2.41. The van der Waals surface area contributed by atoms with Crippen molar-refractivity contribution in [1.29, 1.82) is 5.26 Å². The van der Waals surface area contributed by atoms with E-state index in [1.54, 1.807) is 0 Å². The van der Waals surface area contributed by atoms with Crippen molar-refractivity contribution in [2.45, 2.75) is 45.8 Å². The van der Waals surface area contributed by atoms with Gasteiger partial charge >= 0.3 is 7.12 Å². The van der Waals surface area contributed by atoms with Crippen molar-refractivity contribution in [3.05, 3.63) is 34.8 Å². The molecule has 0 spiro atoms. The lowest BCUT2D eigenvalue weighted by Gasteiger charge is -2.32. The molecule has 3 nitrogen and oxygen atoms in total. The number of fused-ring (bicyclic) bond motifs is 1. The molecule has 1 fully saturated rings. The Morgan fingerprint density at radius 1 is 1.15 bits per heavy atom. The van der Waals surface area contributed by atoms with E-state index in [0.29, 0.717) is 0 Å². The smallest absolute Gasteiger partial charge is 0.399 e. The molecular weight excluding hydrogens is 249 g/mol. The first-order valence-corrected chi connectivity index (χ1v) is 7.12. The number of hydrogen-bond acceptors (Lipinski definition) is 3. The Morgan fingerprint density at radius 2 is 1.75 bits per heavy atom. The predicted molar refractivity (Wildman–Crippen MR) is 78.6 cm³/mol. The molecule has 0 aromatic carbocycles. The molecule has 0 amide bonds. The summed E-state index contributed by atoms with van der Waals surface area (Å²) in [6.07, 6.45) is 6.29. The molecule has 1 aliphatic heterocycles. The SMILES string of the molecule is CC1=C(B2OC(C)(C)C(C)(C)O2)C=CC2=CC2C1C#N. The highest BCUT2D eigenvalue weighted by Crippen LogP contribution is 2.46. The van der Waals surface area contributed by atoms with Gasteiger partial charge in [0.2, 0.25) is 0 Å². The van der Waals surface area contributed by atoms with Gasteiger partial charge in [-0.15, -0.1) is 0 Å². The summed E-state index contributed by atoms with van der Waals surface area (Å²) in [6.45, 7) is 10.2. The second-order valence-corrected chi connectivity index (χ2v) is 6.86. The third kappa shape index (κ3) is 1.89. The van der Waals surface area contributed by atoms with Crippen LogP contribution in [0.2, 0.25) is 0 Å². The highest BCUT2D eigenvalue weighted by molar-refractivity contribution is 6.56. The Labute approximate surface area is 121 Å². The molecule has 4 heteroatoms. The molecule has 1 heterocycles. The summed E-state index contributed by atoms with van der Waals surface area (Å²) in [5.74, 6) is 0.199. The highest BCUT2D eigenvalue weighted by atomic mass is 16.7. The van der Waals surface area contributed by atoms with Gasteiger partial charge in [0.25, 0.3) is 0 Å². The van der Waals surface area contributed by atoms with E-state index in [9.17, 15) is 5.26 Å². The minimum Gasteiger partial charge on any atom is -0.399 e. The molecule has 0 aromatic rings. The monoisotopic (exact) mass is 269 g/mol. The van der Waals surface area contributed by atoms with E-state index in [0.717, 1.165) is 11.0 Å². The Bertz CT molecular complexity index is 576. The van der Waals surface area contributed by atoms with Crippen LogP contribution < -0.4 is 0 Å². The maximum atomic E-state index is 9.42. The largest absolute Gasteiger partial charge is 0.494 e. The standard InChI is InChI=1S/C16H20BNO2/c1-10-13(9-18)12-8-11(12)6-7-14(10)17-19-15(2,3)16(4,5)20-17/h6-8,12-13H,1-5H3. The van der Waals surface area contributed by atoms with Gasteiger partial charge in [0.1, 0.15) is 0 Å². The van der Waals surface area contributed by atoms with Gasteiger partial charge in [-0.2, -0.15) is 5.26 Å². The molecule has 0 saturated carbocycles. The van der Waals surface area contributed by atoms with Crippen molar-refractivity contribution in [2.75, 3.05) is 0 Å². The number of allylic oxidation sites excluding steroid dienone is 6. The molecule has 104 valence electrons. The fourth-order valence-corrected chi connectivity index (χ4v) is 2.79. The highest BCUT2D eigenvalue weighted by Gasteiger charge is 2.53. The molecule has 0 aromatic heterocycles. The number of nitrogens with zero attached hydrogens (tertiary/aromatic N) is 1. The van der Waals surface area contributed by atoms with Gasteiger partial charge in [-0.25, -0.2) is 0 Å². The van der Waals surface area contributed by atoms with Gasteiger partial charge in [0, 0.05) is 5.92 Å². The van der Waals surface area contributed by atoms with Gasteiger partial charge in [-0.3, -0.25) is 0 Å². The Balaban J connectivity index is 1.96. The molecule has 3 aliphatic rings. The maximum Gasteiger partial charge on any atom is 0.494 e. The van der Waals surface area contributed by atoms with Crippen molar-refractivity contribution in [1.82, 2.24) is 0 Å². The van der Waals surface area contributed by atoms with E-state index in [2.05, 4.69) is 24.3 Å². The second kappa shape index (κ2) is 4.10. The van der Waals surface area contributed by atoms with Crippen LogP contribution in [0.25, 0.3) is 0 Å². The Kier molecular flexibility index (Phi) is 2.80. The minimum absolute atomic E-state index is 0.0889. The number of hydrogen-bond donors (Lipinski definition) is 0. The van der Waals surface area contributed by atoms with Gasteiger partial charge in [0.15, 0.2) is 0 Å². The zero-order valence-corrected chi connectivity index (χ0v) is 12.7. The van der Waals surface area contributed by atoms with Gasteiger partial charge in [-0.1, -0.05) is 23.8 Å². The molecule has 1 saturated heterocycles. The zero-order chi connectivity index (χ0) is 14.7. The summed E-state index contributed by atoms with van der Waals surface area (Å²) in [4.78, 5) is 0. The van der Waals surface area contributed by atoms with Crippen molar-refractivity contribution >= 4 is 7.12 Å². The summed E-state index contributed by atoms with van der Waals surface area (Å²) < 4.78 is 12.2. The van der Waals surface area contributed by atoms with Crippen LogP contribution in [0.5, 0.6) is 0 Å². The lowest BCUT2D eigenvalue weighted by atomic mass is 9.72. The average Bonchev–Trinajstić information content (AvgIpc) is 3.03.